The second-order valence-corrected chi connectivity index (χ2v) is 7.01. The van der Waals surface area contributed by atoms with Gasteiger partial charge in [-0.15, -0.1) is 0 Å². The molecular weight excluding hydrogens is 282 g/mol. The van der Waals surface area contributed by atoms with Crippen molar-refractivity contribution in [2.45, 2.75) is 26.2 Å². The van der Waals surface area contributed by atoms with Crippen LogP contribution in [-0.2, 0) is 5.41 Å². The van der Waals surface area contributed by atoms with Gasteiger partial charge in [-0.05, 0) is 52.1 Å². The van der Waals surface area contributed by atoms with E-state index in [1.165, 1.54) is 16.3 Å². The highest BCUT2D eigenvalue weighted by Crippen LogP contribution is 2.34. The molecule has 0 radical (unpaired) electrons. The monoisotopic (exact) mass is 301 g/mol. The van der Waals surface area contributed by atoms with E-state index in [0.29, 0.717) is 5.71 Å². The van der Waals surface area contributed by atoms with E-state index in [-0.39, 0.29) is 5.41 Å². The van der Waals surface area contributed by atoms with Crippen molar-refractivity contribution in [1.29, 1.82) is 0 Å². The third-order valence-corrected chi connectivity index (χ3v) is 4.28. The maximum atomic E-state index is 5.45. The number of benzene rings is 2. The fourth-order valence-corrected chi connectivity index (χ4v) is 3.08. The lowest BCUT2D eigenvalue weighted by Gasteiger charge is -2.22. The molecule has 2 heterocycles. The third kappa shape index (κ3) is 2.40. The van der Waals surface area contributed by atoms with Crippen molar-refractivity contribution in [3.63, 3.8) is 0 Å². The van der Waals surface area contributed by atoms with Crippen molar-refractivity contribution in [1.82, 2.24) is 4.98 Å². The van der Waals surface area contributed by atoms with E-state index in [1.807, 2.05) is 6.07 Å². The van der Waals surface area contributed by atoms with Crippen molar-refractivity contribution in [2.24, 2.45) is 0 Å². The summed E-state index contributed by atoms with van der Waals surface area (Å²) in [7, 11) is 0. The predicted molar refractivity (Wildman–Crippen MR) is 95.7 cm³/mol. The molecule has 0 aliphatic rings. The van der Waals surface area contributed by atoms with Gasteiger partial charge in [0.1, 0.15) is 0 Å². The summed E-state index contributed by atoms with van der Waals surface area (Å²) in [5.74, 6) is 0. The average Bonchev–Trinajstić information content (AvgIpc) is 3.00. The van der Waals surface area contributed by atoms with E-state index in [0.717, 1.165) is 16.6 Å². The number of rotatable bonds is 1. The van der Waals surface area contributed by atoms with Crippen LogP contribution in [0.4, 0.5) is 0 Å². The molecule has 4 rings (SSSR count). The minimum absolute atomic E-state index is 0.0738. The zero-order valence-electron chi connectivity index (χ0n) is 13.6. The first-order chi connectivity index (χ1) is 11.0. The van der Waals surface area contributed by atoms with Gasteiger partial charge in [-0.3, -0.25) is 0 Å². The topological polar surface area (TPSA) is 26.0 Å². The first-order valence-electron chi connectivity index (χ1n) is 7.90. The molecule has 0 amide bonds. The summed E-state index contributed by atoms with van der Waals surface area (Å²) in [6.45, 7) is 6.76. The molecule has 2 heteroatoms. The lowest BCUT2D eigenvalue weighted by molar-refractivity contribution is 0.596. The largest absolute Gasteiger partial charge is 0.446 e. The Morgan fingerprint density at radius 3 is 2.52 bits per heavy atom. The number of fused-ring (bicyclic) bond motifs is 2. The average molecular weight is 301 g/mol. The number of furan rings is 1. The Labute approximate surface area is 135 Å². The Balaban J connectivity index is 1.99. The Bertz CT molecular complexity index is 1010. The Hall–Kier alpha value is -2.61. The van der Waals surface area contributed by atoms with Crippen LogP contribution in [0.2, 0.25) is 0 Å². The summed E-state index contributed by atoms with van der Waals surface area (Å²) < 4.78 is 5.45. The zero-order valence-corrected chi connectivity index (χ0v) is 13.6. The number of hydrogen-bond donors (Lipinski definition) is 0. The predicted octanol–water partition coefficient (Wildman–Crippen LogP) is 5.95. The molecule has 114 valence electrons. The molecule has 0 saturated carbocycles. The molecule has 4 aromatic rings. The van der Waals surface area contributed by atoms with Gasteiger partial charge in [-0.2, -0.15) is 0 Å². The molecule has 0 atom stereocenters. The summed E-state index contributed by atoms with van der Waals surface area (Å²) in [6, 6.07) is 19.1. The van der Waals surface area contributed by atoms with Crippen LogP contribution in [-0.4, -0.2) is 4.98 Å². The van der Waals surface area contributed by atoms with Crippen LogP contribution >= 0.6 is 0 Å². The van der Waals surface area contributed by atoms with E-state index in [4.69, 9.17) is 4.42 Å². The maximum Gasteiger partial charge on any atom is 0.226 e. The van der Waals surface area contributed by atoms with Gasteiger partial charge >= 0.3 is 0 Å². The standard InChI is InChI=1S/C21H19NO/c1-21(2,3)18-13-16(12-15-6-4-5-7-17(15)18)19-9-8-14-10-11-23-20(14)22-19/h4-13H,1-3H3. The quantitative estimate of drug-likeness (QED) is 0.434. The first-order valence-corrected chi connectivity index (χ1v) is 7.90. The van der Waals surface area contributed by atoms with Crippen LogP contribution in [0.5, 0.6) is 0 Å². The zero-order chi connectivity index (χ0) is 16.0. The second kappa shape index (κ2) is 4.95. The van der Waals surface area contributed by atoms with Crippen molar-refractivity contribution in [3.8, 4) is 11.3 Å². The molecule has 0 bridgehead atoms. The highest BCUT2D eigenvalue weighted by Gasteiger charge is 2.18. The van der Waals surface area contributed by atoms with Crippen LogP contribution in [0.3, 0.4) is 0 Å². The Morgan fingerprint density at radius 2 is 1.70 bits per heavy atom. The summed E-state index contributed by atoms with van der Waals surface area (Å²) >= 11 is 0. The fraction of sp³-hybridized carbons (Fsp3) is 0.190. The van der Waals surface area contributed by atoms with Gasteiger partial charge in [0.15, 0.2) is 0 Å². The van der Waals surface area contributed by atoms with Crippen molar-refractivity contribution in [3.05, 3.63) is 66.4 Å². The molecular formula is C21H19NO. The van der Waals surface area contributed by atoms with E-state index in [9.17, 15) is 0 Å². The molecule has 23 heavy (non-hydrogen) atoms. The Morgan fingerprint density at radius 1 is 0.870 bits per heavy atom. The van der Waals surface area contributed by atoms with E-state index >= 15 is 0 Å². The van der Waals surface area contributed by atoms with Gasteiger partial charge < -0.3 is 4.42 Å². The van der Waals surface area contributed by atoms with Gasteiger partial charge in [0.05, 0.1) is 12.0 Å². The summed E-state index contributed by atoms with van der Waals surface area (Å²) in [5, 5.41) is 3.59. The molecule has 0 N–H and O–H groups in total. The molecule has 0 aliphatic carbocycles. The fourth-order valence-electron chi connectivity index (χ4n) is 3.08. The lowest BCUT2D eigenvalue weighted by atomic mass is 9.82. The molecule has 0 unspecified atom stereocenters. The minimum atomic E-state index is 0.0738. The number of aromatic nitrogens is 1. The Kier molecular flexibility index (Phi) is 3.02. The van der Waals surface area contributed by atoms with E-state index in [2.05, 4.69) is 74.3 Å². The van der Waals surface area contributed by atoms with Crippen molar-refractivity contribution >= 4 is 21.9 Å². The first kappa shape index (κ1) is 14.0. The molecule has 0 fully saturated rings. The van der Waals surface area contributed by atoms with Crippen molar-refractivity contribution < 1.29 is 4.42 Å². The van der Waals surface area contributed by atoms with Gasteiger partial charge in [-0.1, -0.05) is 45.0 Å². The second-order valence-electron chi connectivity index (χ2n) is 7.01. The van der Waals surface area contributed by atoms with Crippen LogP contribution in [0.25, 0.3) is 33.1 Å². The number of hydrogen-bond acceptors (Lipinski definition) is 2. The van der Waals surface area contributed by atoms with Crippen LogP contribution in [0.15, 0.2) is 65.3 Å². The molecule has 0 aliphatic heterocycles. The number of pyridine rings is 1. The summed E-state index contributed by atoms with van der Waals surface area (Å²) in [6.07, 6.45) is 1.68. The van der Waals surface area contributed by atoms with Gasteiger partial charge in [0.25, 0.3) is 0 Å². The summed E-state index contributed by atoms with van der Waals surface area (Å²) in [5.41, 5.74) is 4.18. The number of nitrogens with zero attached hydrogens (tertiary/aromatic N) is 1. The van der Waals surface area contributed by atoms with Gasteiger partial charge in [-0.25, -0.2) is 4.98 Å². The molecule has 2 aromatic heterocycles. The molecule has 2 nitrogen and oxygen atoms in total. The van der Waals surface area contributed by atoms with Gasteiger partial charge in [0, 0.05) is 10.9 Å². The van der Waals surface area contributed by atoms with E-state index in [1.54, 1.807) is 6.26 Å². The van der Waals surface area contributed by atoms with Gasteiger partial charge in [0.2, 0.25) is 5.71 Å². The SMILES string of the molecule is CC(C)(C)c1cc(-c2ccc3ccoc3n2)cc2ccccc12. The van der Waals surface area contributed by atoms with Crippen LogP contribution < -0.4 is 0 Å². The van der Waals surface area contributed by atoms with Crippen molar-refractivity contribution in [2.75, 3.05) is 0 Å². The highest BCUT2D eigenvalue weighted by molar-refractivity contribution is 5.91. The normalized spacial score (nSPS) is 12.1. The smallest absolute Gasteiger partial charge is 0.226 e. The molecule has 0 saturated heterocycles. The third-order valence-electron chi connectivity index (χ3n) is 4.28. The van der Waals surface area contributed by atoms with Crippen LogP contribution in [0.1, 0.15) is 26.3 Å². The van der Waals surface area contributed by atoms with Crippen LogP contribution in [0, 0.1) is 0 Å². The lowest BCUT2D eigenvalue weighted by Crippen LogP contribution is -2.12. The highest BCUT2D eigenvalue weighted by atomic mass is 16.3. The minimum Gasteiger partial charge on any atom is -0.446 e. The summed E-state index contributed by atoms with van der Waals surface area (Å²) in [4.78, 5) is 4.67. The molecule has 0 spiro atoms. The molecule has 2 aromatic carbocycles. The maximum absolute atomic E-state index is 5.45. The van der Waals surface area contributed by atoms with E-state index < -0.39 is 0 Å².